The van der Waals surface area contributed by atoms with Gasteiger partial charge in [0.15, 0.2) is 0 Å². The van der Waals surface area contributed by atoms with Gasteiger partial charge in [-0.3, -0.25) is 0 Å². The van der Waals surface area contributed by atoms with Crippen molar-refractivity contribution in [2.45, 2.75) is 20.8 Å². The summed E-state index contributed by atoms with van der Waals surface area (Å²) in [5, 5.41) is 2.42. The van der Waals surface area contributed by atoms with Gasteiger partial charge in [0.05, 0.1) is 6.61 Å². The Morgan fingerprint density at radius 2 is 1.62 bits per heavy atom. The van der Waals surface area contributed by atoms with E-state index in [1.54, 1.807) is 0 Å². The molecule has 0 aliphatic carbocycles. The summed E-state index contributed by atoms with van der Waals surface area (Å²) in [6.07, 6.45) is 0. The zero-order valence-electron chi connectivity index (χ0n) is 10.2. The zero-order chi connectivity index (χ0) is 11.6. The fourth-order valence-corrected chi connectivity index (χ4v) is 1.62. The highest BCUT2D eigenvalue weighted by molar-refractivity contribution is 5.88. The smallest absolute Gasteiger partial charge is 0.127 e. The average molecular weight is 214 g/mol. The first kappa shape index (κ1) is 11.0. The van der Waals surface area contributed by atoms with Gasteiger partial charge in [0.1, 0.15) is 5.75 Å². The highest BCUT2D eigenvalue weighted by atomic mass is 16.5. The van der Waals surface area contributed by atoms with Crippen LogP contribution < -0.4 is 4.74 Å². The van der Waals surface area contributed by atoms with Gasteiger partial charge in [-0.1, -0.05) is 57.2 Å². The summed E-state index contributed by atoms with van der Waals surface area (Å²) in [6.45, 7) is 7.27. The molecule has 0 atom stereocenters. The van der Waals surface area contributed by atoms with Gasteiger partial charge in [-0.25, -0.2) is 0 Å². The lowest BCUT2D eigenvalue weighted by molar-refractivity contribution is 0.200. The lowest BCUT2D eigenvalue weighted by atomic mass is 9.98. The summed E-state index contributed by atoms with van der Waals surface area (Å²) in [7, 11) is 0. The monoisotopic (exact) mass is 214 g/mol. The standard InChI is InChI=1S/C15H18O/c1-15(2,3)11-16-14-10-6-8-12-7-4-5-9-13(12)14/h4-10H,11H2,1-3H3. The minimum absolute atomic E-state index is 0.191. The largest absolute Gasteiger partial charge is 0.492 e. The summed E-state index contributed by atoms with van der Waals surface area (Å²) in [6, 6.07) is 14.5. The van der Waals surface area contributed by atoms with Crippen molar-refractivity contribution in [2.75, 3.05) is 6.61 Å². The molecule has 1 nitrogen and oxygen atoms in total. The minimum atomic E-state index is 0.191. The van der Waals surface area contributed by atoms with E-state index in [9.17, 15) is 0 Å². The third-order valence-corrected chi connectivity index (χ3v) is 2.41. The van der Waals surface area contributed by atoms with Crippen molar-refractivity contribution in [2.24, 2.45) is 5.41 Å². The van der Waals surface area contributed by atoms with Gasteiger partial charge in [0.2, 0.25) is 0 Å². The van der Waals surface area contributed by atoms with E-state index in [-0.39, 0.29) is 5.41 Å². The first-order valence-corrected chi connectivity index (χ1v) is 5.67. The quantitative estimate of drug-likeness (QED) is 0.725. The molecule has 0 saturated carbocycles. The Bertz CT molecular complexity index is 475. The molecule has 0 aromatic heterocycles. The summed E-state index contributed by atoms with van der Waals surface area (Å²) < 4.78 is 5.88. The van der Waals surface area contributed by atoms with Crippen LogP contribution in [-0.4, -0.2) is 6.61 Å². The van der Waals surface area contributed by atoms with E-state index >= 15 is 0 Å². The van der Waals surface area contributed by atoms with Gasteiger partial charge in [0.25, 0.3) is 0 Å². The van der Waals surface area contributed by atoms with Gasteiger partial charge in [0, 0.05) is 5.39 Å². The third kappa shape index (κ3) is 2.54. The van der Waals surface area contributed by atoms with Crippen molar-refractivity contribution in [3.05, 3.63) is 42.5 Å². The van der Waals surface area contributed by atoms with Gasteiger partial charge in [-0.15, -0.1) is 0 Å². The Balaban J connectivity index is 2.30. The highest BCUT2D eigenvalue weighted by Crippen LogP contribution is 2.26. The van der Waals surface area contributed by atoms with E-state index < -0.39 is 0 Å². The predicted octanol–water partition coefficient (Wildman–Crippen LogP) is 4.26. The minimum Gasteiger partial charge on any atom is -0.492 e. The van der Waals surface area contributed by atoms with Crippen LogP contribution >= 0.6 is 0 Å². The highest BCUT2D eigenvalue weighted by Gasteiger charge is 2.11. The van der Waals surface area contributed by atoms with Crippen LogP contribution in [0.5, 0.6) is 5.75 Å². The maximum absolute atomic E-state index is 5.88. The molecule has 0 saturated heterocycles. The van der Waals surface area contributed by atoms with Crippen LogP contribution in [0.15, 0.2) is 42.5 Å². The van der Waals surface area contributed by atoms with Crippen molar-refractivity contribution in [1.82, 2.24) is 0 Å². The van der Waals surface area contributed by atoms with Crippen LogP contribution in [0.4, 0.5) is 0 Å². The average Bonchev–Trinajstić information content (AvgIpc) is 2.25. The first-order valence-electron chi connectivity index (χ1n) is 5.67. The fourth-order valence-electron chi connectivity index (χ4n) is 1.62. The topological polar surface area (TPSA) is 9.23 Å². The van der Waals surface area contributed by atoms with E-state index in [1.165, 1.54) is 10.8 Å². The van der Waals surface area contributed by atoms with Crippen LogP contribution in [0, 0.1) is 5.41 Å². The molecule has 2 aromatic rings. The van der Waals surface area contributed by atoms with E-state index in [0.29, 0.717) is 0 Å². The predicted molar refractivity (Wildman–Crippen MR) is 68.9 cm³/mol. The normalized spacial score (nSPS) is 11.7. The number of hydrogen-bond acceptors (Lipinski definition) is 1. The maximum Gasteiger partial charge on any atom is 0.127 e. The lowest BCUT2D eigenvalue weighted by Crippen LogP contribution is -2.16. The SMILES string of the molecule is CC(C)(C)COc1cccc2ccccc12. The van der Waals surface area contributed by atoms with Crippen molar-refractivity contribution >= 4 is 10.8 Å². The molecule has 84 valence electrons. The molecular formula is C15H18O. The molecular weight excluding hydrogens is 196 g/mol. The summed E-state index contributed by atoms with van der Waals surface area (Å²) in [5.74, 6) is 0.980. The number of hydrogen-bond donors (Lipinski definition) is 0. The van der Waals surface area contributed by atoms with Gasteiger partial charge in [-0.05, 0) is 16.9 Å². The van der Waals surface area contributed by atoms with Crippen LogP contribution in [-0.2, 0) is 0 Å². The molecule has 0 fully saturated rings. The molecule has 0 bridgehead atoms. The van der Waals surface area contributed by atoms with Crippen LogP contribution in [0.25, 0.3) is 10.8 Å². The van der Waals surface area contributed by atoms with Gasteiger partial charge >= 0.3 is 0 Å². The Hall–Kier alpha value is -1.50. The molecule has 0 heterocycles. The van der Waals surface area contributed by atoms with E-state index in [1.807, 2.05) is 18.2 Å². The van der Waals surface area contributed by atoms with Crippen molar-refractivity contribution in [3.63, 3.8) is 0 Å². The third-order valence-electron chi connectivity index (χ3n) is 2.41. The molecule has 0 aliphatic rings. The molecule has 0 spiro atoms. The van der Waals surface area contributed by atoms with Crippen molar-refractivity contribution in [1.29, 1.82) is 0 Å². The molecule has 1 heteroatoms. The fraction of sp³-hybridized carbons (Fsp3) is 0.333. The molecule has 16 heavy (non-hydrogen) atoms. The number of ether oxygens (including phenoxy) is 1. The van der Waals surface area contributed by atoms with Crippen molar-refractivity contribution in [3.8, 4) is 5.75 Å². The molecule has 0 amide bonds. The Morgan fingerprint density at radius 3 is 2.38 bits per heavy atom. The second kappa shape index (κ2) is 4.17. The Morgan fingerprint density at radius 1 is 0.938 bits per heavy atom. The number of fused-ring (bicyclic) bond motifs is 1. The summed E-state index contributed by atoms with van der Waals surface area (Å²) >= 11 is 0. The molecule has 0 unspecified atom stereocenters. The molecule has 2 rings (SSSR count). The zero-order valence-corrected chi connectivity index (χ0v) is 10.2. The molecule has 2 aromatic carbocycles. The first-order chi connectivity index (χ1) is 7.56. The van der Waals surface area contributed by atoms with Crippen LogP contribution in [0.3, 0.4) is 0 Å². The van der Waals surface area contributed by atoms with Crippen molar-refractivity contribution < 1.29 is 4.74 Å². The number of rotatable bonds is 2. The van der Waals surface area contributed by atoms with Gasteiger partial charge in [-0.2, -0.15) is 0 Å². The Kier molecular flexibility index (Phi) is 2.86. The van der Waals surface area contributed by atoms with Crippen LogP contribution in [0.1, 0.15) is 20.8 Å². The van der Waals surface area contributed by atoms with E-state index in [4.69, 9.17) is 4.74 Å². The molecule has 0 radical (unpaired) electrons. The van der Waals surface area contributed by atoms with E-state index in [2.05, 4.69) is 45.0 Å². The van der Waals surface area contributed by atoms with Crippen LogP contribution in [0.2, 0.25) is 0 Å². The lowest BCUT2D eigenvalue weighted by Gasteiger charge is -2.19. The van der Waals surface area contributed by atoms with E-state index in [0.717, 1.165) is 12.4 Å². The maximum atomic E-state index is 5.88. The number of benzene rings is 2. The Labute approximate surface area is 97.1 Å². The molecule has 0 aliphatic heterocycles. The second-order valence-electron chi connectivity index (χ2n) is 5.33. The second-order valence-corrected chi connectivity index (χ2v) is 5.33. The molecule has 0 N–H and O–H groups in total. The summed E-state index contributed by atoms with van der Waals surface area (Å²) in [4.78, 5) is 0. The van der Waals surface area contributed by atoms with Gasteiger partial charge < -0.3 is 4.74 Å². The summed E-state index contributed by atoms with van der Waals surface area (Å²) in [5.41, 5.74) is 0.191.